The van der Waals surface area contributed by atoms with Gasteiger partial charge in [-0.2, -0.15) is 0 Å². The number of thioether (sulfide) groups is 1. The molecule has 2 rings (SSSR count). The van der Waals surface area contributed by atoms with Gasteiger partial charge in [-0.3, -0.25) is 0 Å². The second-order valence-corrected chi connectivity index (χ2v) is 6.53. The second kappa shape index (κ2) is 6.91. The van der Waals surface area contributed by atoms with Crippen LogP contribution in [0.3, 0.4) is 0 Å². The Hall–Kier alpha value is -0.0700. The van der Waals surface area contributed by atoms with Crippen molar-refractivity contribution in [3.05, 3.63) is 28.2 Å². The summed E-state index contributed by atoms with van der Waals surface area (Å²) in [5.74, 6) is 0.522. The molecule has 5 heteroatoms. The number of hydrogen-bond acceptors (Lipinski definition) is 4. The zero-order valence-electron chi connectivity index (χ0n) is 10.1. The Kier molecular flexibility index (Phi) is 5.51. The highest BCUT2D eigenvalue weighted by atomic mass is 79.9. The van der Waals surface area contributed by atoms with Crippen molar-refractivity contribution in [3.8, 4) is 0 Å². The minimum atomic E-state index is -0.650. The first-order valence-electron chi connectivity index (χ1n) is 6.12. The summed E-state index contributed by atoms with van der Waals surface area (Å²) in [4.78, 5) is 1.17. The summed E-state index contributed by atoms with van der Waals surface area (Å²) in [6, 6.07) is 6.87. The average Bonchev–Trinajstić information content (AvgIpc) is 3.18. The fourth-order valence-corrected chi connectivity index (χ4v) is 2.97. The van der Waals surface area contributed by atoms with E-state index in [1.165, 1.54) is 23.3 Å². The second-order valence-electron chi connectivity index (χ2n) is 4.55. The van der Waals surface area contributed by atoms with Crippen molar-refractivity contribution in [1.29, 1.82) is 0 Å². The van der Waals surface area contributed by atoms with Crippen LogP contribution in [0.5, 0.6) is 0 Å². The first-order valence-corrected chi connectivity index (χ1v) is 7.90. The maximum Gasteiger partial charge on any atom is 0.0864 e. The van der Waals surface area contributed by atoms with Gasteiger partial charge in [0.1, 0.15) is 0 Å². The normalized spacial score (nSPS) is 16.8. The molecule has 1 saturated carbocycles. The quantitative estimate of drug-likeness (QED) is 0.670. The maximum atomic E-state index is 9.40. The predicted octanol–water partition coefficient (Wildman–Crippen LogP) is 2.15. The third-order valence-electron chi connectivity index (χ3n) is 2.82. The van der Waals surface area contributed by atoms with Gasteiger partial charge in [-0.05, 0) is 36.6 Å². The van der Waals surface area contributed by atoms with Gasteiger partial charge < -0.3 is 15.5 Å². The van der Waals surface area contributed by atoms with Crippen molar-refractivity contribution in [2.45, 2.75) is 36.4 Å². The molecule has 0 bridgehead atoms. The Balaban J connectivity index is 1.97. The van der Waals surface area contributed by atoms with E-state index in [9.17, 15) is 5.11 Å². The molecule has 0 heterocycles. The fourth-order valence-electron chi connectivity index (χ4n) is 1.61. The van der Waals surface area contributed by atoms with Gasteiger partial charge in [-0.25, -0.2) is 0 Å². The minimum Gasteiger partial charge on any atom is -0.394 e. The zero-order chi connectivity index (χ0) is 13.0. The molecule has 1 unspecified atom stereocenters. The summed E-state index contributed by atoms with van der Waals surface area (Å²) < 4.78 is 1.07. The van der Waals surface area contributed by atoms with Crippen LogP contribution in [0.4, 0.5) is 0 Å². The van der Waals surface area contributed by atoms with E-state index in [0.29, 0.717) is 11.8 Å². The van der Waals surface area contributed by atoms with Gasteiger partial charge >= 0.3 is 0 Å². The molecule has 0 aromatic heterocycles. The molecule has 18 heavy (non-hydrogen) atoms. The lowest BCUT2D eigenvalue weighted by molar-refractivity contribution is 0.113. The summed E-state index contributed by atoms with van der Waals surface area (Å²) >= 11 is 5.08. The smallest absolute Gasteiger partial charge is 0.0864 e. The van der Waals surface area contributed by atoms with Gasteiger partial charge in [0.2, 0.25) is 0 Å². The van der Waals surface area contributed by atoms with E-state index >= 15 is 0 Å². The van der Waals surface area contributed by atoms with Crippen LogP contribution < -0.4 is 5.32 Å². The van der Waals surface area contributed by atoms with Crippen LogP contribution in [0.2, 0.25) is 0 Å². The van der Waals surface area contributed by atoms with Crippen molar-refractivity contribution in [2.75, 3.05) is 12.4 Å². The Morgan fingerprint density at radius 3 is 2.89 bits per heavy atom. The van der Waals surface area contributed by atoms with Gasteiger partial charge in [0, 0.05) is 27.7 Å². The first kappa shape index (κ1) is 14.3. The number of benzene rings is 1. The third kappa shape index (κ3) is 4.55. The van der Waals surface area contributed by atoms with Crippen molar-refractivity contribution < 1.29 is 10.2 Å². The van der Waals surface area contributed by atoms with Gasteiger partial charge in [0.05, 0.1) is 12.7 Å². The highest BCUT2D eigenvalue weighted by Gasteiger charge is 2.20. The summed E-state index contributed by atoms with van der Waals surface area (Å²) in [7, 11) is 0. The molecule has 1 aromatic rings. The lowest BCUT2D eigenvalue weighted by Gasteiger charge is -2.12. The Labute approximate surface area is 120 Å². The molecule has 0 amide bonds. The van der Waals surface area contributed by atoms with Crippen molar-refractivity contribution in [3.63, 3.8) is 0 Å². The van der Waals surface area contributed by atoms with Gasteiger partial charge in [-0.1, -0.05) is 15.9 Å². The predicted molar refractivity (Wildman–Crippen MR) is 77.8 cm³/mol. The topological polar surface area (TPSA) is 52.5 Å². The monoisotopic (exact) mass is 331 g/mol. The van der Waals surface area contributed by atoms with Crippen LogP contribution in [0, 0.1) is 0 Å². The molecule has 0 radical (unpaired) electrons. The van der Waals surface area contributed by atoms with Gasteiger partial charge in [0.25, 0.3) is 0 Å². The maximum absolute atomic E-state index is 9.40. The van der Waals surface area contributed by atoms with Crippen LogP contribution in [-0.4, -0.2) is 34.7 Å². The number of halogens is 1. The van der Waals surface area contributed by atoms with E-state index < -0.39 is 6.10 Å². The molecule has 1 aliphatic rings. The molecule has 1 fully saturated rings. The fraction of sp³-hybridized carbons (Fsp3) is 0.538. The molecule has 1 aliphatic carbocycles. The third-order valence-corrected chi connectivity index (χ3v) is 4.58. The molecule has 0 aliphatic heterocycles. The highest BCUT2D eigenvalue weighted by molar-refractivity contribution is 9.10. The summed E-state index contributed by atoms with van der Waals surface area (Å²) in [5, 5.41) is 21.7. The first-order chi connectivity index (χ1) is 8.69. The van der Waals surface area contributed by atoms with Crippen molar-refractivity contribution in [2.24, 2.45) is 0 Å². The summed E-state index contributed by atoms with van der Waals surface area (Å²) in [6.07, 6.45) is 1.90. The number of aliphatic hydroxyl groups excluding tert-OH is 2. The Morgan fingerprint density at radius 1 is 1.44 bits per heavy atom. The van der Waals surface area contributed by atoms with Crippen LogP contribution >= 0.6 is 27.7 Å². The SMILES string of the molecule is OCC(O)CSc1ccc(Br)cc1CNC1CC1. The lowest BCUT2D eigenvalue weighted by atomic mass is 10.2. The Bertz CT molecular complexity index is 399. The van der Waals surface area contributed by atoms with Crippen LogP contribution in [0.15, 0.2) is 27.6 Å². The van der Waals surface area contributed by atoms with Crippen LogP contribution in [-0.2, 0) is 6.54 Å². The molecule has 0 spiro atoms. The zero-order valence-corrected chi connectivity index (χ0v) is 12.5. The van der Waals surface area contributed by atoms with Gasteiger partial charge in [-0.15, -0.1) is 11.8 Å². The average molecular weight is 332 g/mol. The Morgan fingerprint density at radius 2 is 2.22 bits per heavy atom. The largest absolute Gasteiger partial charge is 0.394 e. The molecule has 100 valence electrons. The van der Waals surface area contributed by atoms with E-state index in [2.05, 4.69) is 33.4 Å². The number of hydrogen-bond donors (Lipinski definition) is 3. The van der Waals surface area contributed by atoms with E-state index in [1.807, 2.05) is 6.07 Å². The van der Waals surface area contributed by atoms with Crippen molar-refractivity contribution in [1.82, 2.24) is 5.32 Å². The van der Waals surface area contributed by atoms with E-state index in [-0.39, 0.29) is 6.61 Å². The van der Waals surface area contributed by atoms with E-state index in [4.69, 9.17) is 5.11 Å². The molecule has 1 atom stereocenters. The number of nitrogens with one attached hydrogen (secondary N) is 1. The van der Waals surface area contributed by atoms with Crippen molar-refractivity contribution >= 4 is 27.7 Å². The molecule has 3 nitrogen and oxygen atoms in total. The van der Waals surface area contributed by atoms with Crippen LogP contribution in [0.1, 0.15) is 18.4 Å². The molecular formula is C13H18BrNO2S. The lowest BCUT2D eigenvalue weighted by Crippen LogP contribution is -2.17. The molecule has 1 aromatic carbocycles. The molecule has 0 saturated heterocycles. The van der Waals surface area contributed by atoms with Gasteiger partial charge in [0.15, 0.2) is 0 Å². The molecule has 3 N–H and O–H groups in total. The minimum absolute atomic E-state index is 0.181. The van der Waals surface area contributed by atoms with E-state index in [0.717, 1.165) is 11.0 Å². The molecular weight excluding hydrogens is 314 g/mol. The highest BCUT2D eigenvalue weighted by Crippen LogP contribution is 2.28. The van der Waals surface area contributed by atoms with E-state index in [1.54, 1.807) is 11.8 Å². The number of aliphatic hydroxyl groups is 2. The van der Waals surface area contributed by atoms with Crippen LogP contribution in [0.25, 0.3) is 0 Å². The summed E-state index contributed by atoms with van der Waals surface area (Å²) in [5.41, 5.74) is 1.24. The summed E-state index contributed by atoms with van der Waals surface area (Å²) in [6.45, 7) is 0.681. The number of rotatable bonds is 7. The standard InChI is InChI=1S/C13H18BrNO2S/c14-10-1-4-13(18-8-12(17)7-16)9(5-10)6-15-11-2-3-11/h1,4-5,11-12,15-17H,2-3,6-8H2.